The van der Waals surface area contributed by atoms with Crippen LogP contribution in [0.25, 0.3) is 22.3 Å². The first-order chi connectivity index (χ1) is 16.5. The number of allylic oxidation sites excluding steroid dienone is 3. The molecule has 1 heterocycles. The maximum absolute atomic E-state index is 7.12. The summed E-state index contributed by atoms with van der Waals surface area (Å²) in [5.41, 5.74) is 14.7. The van der Waals surface area contributed by atoms with Gasteiger partial charge in [-0.15, -0.1) is 0 Å². The molecule has 0 saturated carbocycles. The molecule has 7 nitrogen and oxygen atoms in total. The number of hydrogen-bond acceptors (Lipinski definition) is 7. The maximum atomic E-state index is 7.12. The van der Waals surface area contributed by atoms with E-state index in [0.717, 1.165) is 39.7 Å². The Morgan fingerprint density at radius 2 is 1.97 bits per heavy atom. The Labute approximate surface area is 201 Å². The second-order valence-corrected chi connectivity index (χ2v) is 8.30. The van der Waals surface area contributed by atoms with Crippen LogP contribution in [0.15, 0.2) is 82.4 Å². The van der Waals surface area contributed by atoms with Crippen molar-refractivity contribution in [3.8, 4) is 11.4 Å². The molecular weight excluding hydrogens is 424 g/mol. The zero-order valence-corrected chi connectivity index (χ0v) is 20.2. The molecule has 0 aliphatic carbocycles. The summed E-state index contributed by atoms with van der Waals surface area (Å²) in [7, 11) is 0. The van der Waals surface area contributed by atoms with Gasteiger partial charge in [0, 0.05) is 17.0 Å². The van der Waals surface area contributed by atoms with E-state index in [9.17, 15) is 0 Å². The number of fused-ring (bicyclic) bond motifs is 1. The summed E-state index contributed by atoms with van der Waals surface area (Å²) in [5.74, 6) is 1.23. The number of hydroxylamine groups is 1. The fourth-order valence-electron chi connectivity index (χ4n) is 3.37. The molecule has 7 heteroatoms. The number of hydrogen-bond donors (Lipinski definition) is 2. The van der Waals surface area contributed by atoms with Crippen LogP contribution in [0.3, 0.4) is 0 Å². The van der Waals surface area contributed by atoms with E-state index in [1.54, 1.807) is 0 Å². The quantitative estimate of drug-likeness (QED) is 0.151. The summed E-state index contributed by atoms with van der Waals surface area (Å²) in [6, 6.07) is 16.4. The predicted octanol–water partition coefficient (Wildman–Crippen LogP) is 6.39. The van der Waals surface area contributed by atoms with Crippen LogP contribution in [0.4, 0.5) is 5.82 Å². The van der Waals surface area contributed by atoms with Crippen LogP contribution in [0.5, 0.6) is 0 Å². The van der Waals surface area contributed by atoms with Crippen molar-refractivity contribution in [3.63, 3.8) is 0 Å². The molecule has 0 atom stereocenters. The van der Waals surface area contributed by atoms with Gasteiger partial charge in [-0.2, -0.15) is 5.11 Å². The summed E-state index contributed by atoms with van der Waals surface area (Å²) in [6.07, 6.45) is 6.57. The molecule has 0 spiro atoms. The van der Waals surface area contributed by atoms with Crippen LogP contribution in [0.2, 0.25) is 0 Å². The van der Waals surface area contributed by atoms with Gasteiger partial charge in [0.15, 0.2) is 11.6 Å². The Bertz CT molecular complexity index is 1210. The van der Waals surface area contributed by atoms with Crippen LogP contribution in [0, 0.1) is 5.53 Å². The molecule has 0 unspecified atom stereocenters. The first kappa shape index (κ1) is 25.1. The maximum Gasteiger partial charge on any atom is 0.164 e. The number of benzene rings is 2. The average molecular weight is 457 g/mol. The van der Waals surface area contributed by atoms with E-state index in [2.05, 4.69) is 22.7 Å². The van der Waals surface area contributed by atoms with Gasteiger partial charge in [0.25, 0.3) is 0 Å². The molecule has 0 bridgehead atoms. The normalized spacial score (nSPS) is 12.7. The smallest absolute Gasteiger partial charge is 0.164 e. The van der Waals surface area contributed by atoms with Crippen LogP contribution >= 0.6 is 0 Å². The highest BCUT2D eigenvalue weighted by molar-refractivity contribution is 6.07. The Morgan fingerprint density at radius 1 is 1.15 bits per heavy atom. The lowest BCUT2D eigenvalue weighted by Crippen LogP contribution is -2.24. The number of aliphatic imine (C=N–C) groups is 1. The van der Waals surface area contributed by atoms with E-state index in [4.69, 9.17) is 25.3 Å². The van der Waals surface area contributed by atoms with Crippen molar-refractivity contribution in [3.05, 3.63) is 77.9 Å². The third-order valence-electron chi connectivity index (χ3n) is 4.88. The molecule has 2 aromatic carbocycles. The summed E-state index contributed by atoms with van der Waals surface area (Å²) in [5, 5.41) is 4.35. The van der Waals surface area contributed by atoms with Gasteiger partial charge in [-0.3, -0.25) is 0 Å². The monoisotopic (exact) mass is 456 g/mol. The molecule has 3 rings (SSSR count). The minimum absolute atomic E-state index is 0.281. The Hall–Kier alpha value is -3.55. The van der Waals surface area contributed by atoms with E-state index in [0.29, 0.717) is 24.8 Å². The Kier molecular flexibility index (Phi) is 9.31. The summed E-state index contributed by atoms with van der Waals surface area (Å²) < 4.78 is 0. The molecule has 0 aliphatic heterocycles. The highest BCUT2D eigenvalue weighted by Crippen LogP contribution is 2.27. The van der Waals surface area contributed by atoms with E-state index >= 15 is 0 Å². The topological polar surface area (TPSA) is 95.6 Å². The second-order valence-electron chi connectivity index (χ2n) is 8.30. The van der Waals surface area contributed by atoms with Crippen LogP contribution < -0.4 is 5.48 Å². The van der Waals surface area contributed by atoms with Gasteiger partial charge in [-0.05, 0) is 75.6 Å². The number of nitrogens with zero attached hydrogens (tertiary/aromatic N) is 4. The number of para-hydroxylation sites is 1. The zero-order valence-electron chi connectivity index (χ0n) is 20.2. The largest absolute Gasteiger partial charge is 0.301 e. The van der Waals surface area contributed by atoms with E-state index in [-0.39, 0.29) is 6.04 Å². The molecule has 0 radical (unpaired) electrons. The number of nitrogens with one attached hydrogen (secondary N) is 2. The van der Waals surface area contributed by atoms with Gasteiger partial charge in [0.05, 0.1) is 24.4 Å². The third-order valence-corrected chi connectivity index (χ3v) is 4.88. The van der Waals surface area contributed by atoms with Crippen molar-refractivity contribution >= 4 is 22.4 Å². The molecule has 0 saturated heterocycles. The van der Waals surface area contributed by atoms with Gasteiger partial charge in [-0.25, -0.2) is 26.0 Å². The standard InChI is InChI=1S/C27H32N6O/c1-5-9-23(16-20(4)18-29-28)30-27-24-12-6-7-13-25(24)31-26(32-27)22-11-8-10-21(17-22)14-15-34-33-19(2)3/h5-13,16-17,19,28,33H,14-15,18H2,1-4H3/b9-5-,20-16+,29-28?,30-23?. The summed E-state index contributed by atoms with van der Waals surface area (Å²) >= 11 is 0. The SMILES string of the molecule is C/C=C\C(/C=C(\C)CN=N)=Nc1nc(-c2cccc(CCONC(C)C)c2)nc2ccccc12. The van der Waals surface area contributed by atoms with Crippen LogP contribution in [0.1, 0.15) is 33.3 Å². The van der Waals surface area contributed by atoms with Gasteiger partial charge in [0.2, 0.25) is 0 Å². The Morgan fingerprint density at radius 3 is 2.74 bits per heavy atom. The molecule has 0 fully saturated rings. The van der Waals surface area contributed by atoms with E-state index < -0.39 is 0 Å². The van der Waals surface area contributed by atoms with Crippen molar-refractivity contribution < 1.29 is 4.84 Å². The molecule has 34 heavy (non-hydrogen) atoms. The van der Waals surface area contributed by atoms with Gasteiger partial charge in [0.1, 0.15) is 0 Å². The van der Waals surface area contributed by atoms with Crippen molar-refractivity contribution in [1.29, 1.82) is 5.53 Å². The Balaban J connectivity index is 2.00. The molecule has 2 N–H and O–H groups in total. The fourth-order valence-corrected chi connectivity index (χ4v) is 3.37. The molecule has 1 aromatic heterocycles. The second kappa shape index (κ2) is 12.6. The lowest BCUT2D eigenvalue weighted by molar-refractivity contribution is 0.0261. The number of aromatic nitrogens is 2. The highest BCUT2D eigenvalue weighted by Gasteiger charge is 2.10. The highest BCUT2D eigenvalue weighted by atomic mass is 16.6. The molecule has 176 valence electrons. The average Bonchev–Trinajstić information content (AvgIpc) is 2.82. The zero-order chi connectivity index (χ0) is 24.3. The lowest BCUT2D eigenvalue weighted by Gasteiger charge is -2.10. The molecule has 3 aromatic rings. The summed E-state index contributed by atoms with van der Waals surface area (Å²) in [4.78, 5) is 20.0. The van der Waals surface area contributed by atoms with Crippen molar-refractivity contribution in [1.82, 2.24) is 15.4 Å². The first-order valence-corrected chi connectivity index (χ1v) is 11.5. The van der Waals surface area contributed by atoms with Gasteiger partial charge < -0.3 is 4.84 Å². The minimum Gasteiger partial charge on any atom is -0.301 e. The van der Waals surface area contributed by atoms with E-state index in [1.807, 2.05) is 82.3 Å². The molecular formula is C27H32N6O. The van der Waals surface area contributed by atoms with E-state index in [1.165, 1.54) is 0 Å². The molecule has 0 aliphatic rings. The van der Waals surface area contributed by atoms with Gasteiger partial charge in [-0.1, -0.05) is 36.4 Å². The van der Waals surface area contributed by atoms with Gasteiger partial charge >= 0.3 is 0 Å². The predicted molar refractivity (Wildman–Crippen MR) is 139 cm³/mol. The molecule has 0 amide bonds. The van der Waals surface area contributed by atoms with Crippen LogP contribution in [-0.2, 0) is 11.3 Å². The van der Waals surface area contributed by atoms with Crippen molar-refractivity contribution in [2.24, 2.45) is 10.1 Å². The van der Waals surface area contributed by atoms with Crippen LogP contribution in [-0.4, -0.2) is 34.9 Å². The number of rotatable bonds is 11. The minimum atomic E-state index is 0.281. The lowest BCUT2D eigenvalue weighted by atomic mass is 10.1. The summed E-state index contributed by atoms with van der Waals surface area (Å²) in [6.45, 7) is 8.90. The van der Waals surface area contributed by atoms with Crippen molar-refractivity contribution in [2.45, 2.75) is 40.2 Å². The third kappa shape index (κ3) is 7.23. The first-order valence-electron chi connectivity index (χ1n) is 11.5. The fraction of sp³-hybridized carbons (Fsp3) is 0.296. The van der Waals surface area contributed by atoms with Crippen molar-refractivity contribution in [2.75, 3.05) is 13.2 Å².